The van der Waals surface area contributed by atoms with Crippen LogP contribution in [0.15, 0.2) is 18.2 Å². The number of nitrogens with zero attached hydrogens (tertiary/aromatic N) is 3. The maximum atomic E-state index is 12.9. The molecule has 1 N–H and O–H groups in total. The molecule has 25 heavy (non-hydrogen) atoms. The summed E-state index contributed by atoms with van der Waals surface area (Å²) in [7, 11) is 0. The van der Waals surface area contributed by atoms with Crippen molar-refractivity contribution in [3.8, 4) is 0 Å². The lowest BCUT2D eigenvalue weighted by atomic mass is 9.95. The summed E-state index contributed by atoms with van der Waals surface area (Å²) in [4.78, 5) is 17.1. The number of aromatic nitrogens is 2. The lowest BCUT2D eigenvalue weighted by molar-refractivity contribution is 0.0739. The first-order chi connectivity index (χ1) is 12.1. The minimum absolute atomic E-state index is 0.0712. The summed E-state index contributed by atoms with van der Waals surface area (Å²) >= 11 is 6.15. The van der Waals surface area contributed by atoms with Crippen molar-refractivity contribution in [2.45, 2.75) is 32.6 Å². The fourth-order valence-electron chi connectivity index (χ4n) is 3.88. The van der Waals surface area contributed by atoms with E-state index in [0.29, 0.717) is 18.8 Å². The third kappa shape index (κ3) is 3.13. The van der Waals surface area contributed by atoms with Gasteiger partial charge in [-0.05, 0) is 50.3 Å². The number of benzene rings is 1. The van der Waals surface area contributed by atoms with Crippen LogP contribution < -0.4 is 4.90 Å². The van der Waals surface area contributed by atoms with Gasteiger partial charge in [0.1, 0.15) is 0 Å². The van der Waals surface area contributed by atoms with Crippen molar-refractivity contribution in [3.63, 3.8) is 0 Å². The topological polar surface area (TPSA) is 52.2 Å². The Balaban J connectivity index is 1.46. The van der Waals surface area contributed by atoms with Crippen LogP contribution in [0, 0.1) is 6.92 Å². The molecular weight excluding hydrogens is 336 g/mol. The Kier molecular flexibility index (Phi) is 4.42. The number of hydrogen-bond acceptors (Lipinski definition) is 3. The van der Waals surface area contributed by atoms with Gasteiger partial charge in [-0.2, -0.15) is 5.10 Å². The maximum Gasteiger partial charge on any atom is 0.274 e. The van der Waals surface area contributed by atoms with Crippen LogP contribution >= 0.6 is 11.6 Å². The normalized spacial score (nSPS) is 17.5. The van der Waals surface area contributed by atoms with E-state index < -0.39 is 0 Å². The number of halogens is 1. The predicted molar refractivity (Wildman–Crippen MR) is 99.5 cm³/mol. The van der Waals surface area contributed by atoms with E-state index in [0.717, 1.165) is 54.3 Å². The fourth-order valence-corrected chi connectivity index (χ4v) is 4.05. The summed E-state index contributed by atoms with van der Waals surface area (Å²) in [6.45, 7) is 5.16. The van der Waals surface area contributed by atoms with E-state index in [1.165, 1.54) is 12.0 Å². The van der Waals surface area contributed by atoms with Gasteiger partial charge in [0.15, 0.2) is 5.69 Å². The van der Waals surface area contributed by atoms with E-state index in [-0.39, 0.29) is 5.91 Å². The Morgan fingerprint density at radius 2 is 1.92 bits per heavy atom. The lowest BCUT2D eigenvalue weighted by Crippen LogP contribution is -2.49. The van der Waals surface area contributed by atoms with Crippen LogP contribution in [-0.4, -0.2) is 47.2 Å². The SMILES string of the molecule is Cc1ccc(Cl)cc1N1CCN(C(=O)c2n[nH]c3c2CCCC3)CC1. The summed E-state index contributed by atoms with van der Waals surface area (Å²) < 4.78 is 0. The molecule has 1 aliphatic heterocycles. The molecule has 6 heteroatoms. The van der Waals surface area contributed by atoms with E-state index in [1.54, 1.807) is 0 Å². The molecule has 5 nitrogen and oxygen atoms in total. The Hall–Kier alpha value is -2.01. The standard InChI is InChI=1S/C19H23ClN4O/c1-13-6-7-14(20)12-17(13)23-8-10-24(11-9-23)19(25)18-15-4-2-3-5-16(15)21-22-18/h6-7,12H,2-5,8-11H2,1H3,(H,21,22). The van der Waals surface area contributed by atoms with Crippen molar-refractivity contribution < 1.29 is 4.79 Å². The molecule has 2 aromatic rings. The highest BCUT2D eigenvalue weighted by atomic mass is 35.5. The molecule has 2 aliphatic rings. The average molecular weight is 359 g/mol. The van der Waals surface area contributed by atoms with Gasteiger partial charge in [-0.25, -0.2) is 0 Å². The zero-order chi connectivity index (χ0) is 17.4. The highest BCUT2D eigenvalue weighted by Gasteiger charge is 2.28. The number of piperazine rings is 1. The number of aromatic amines is 1. The molecule has 1 amide bonds. The van der Waals surface area contributed by atoms with Crippen LogP contribution in [-0.2, 0) is 12.8 Å². The van der Waals surface area contributed by atoms with Gasteiger partial charge in [0, 0.05) is 48.1 Å². The van der Waals surface area contributed by atoms with Crippen LogP contribution in [0.1, 0.15) is 40.2 Å². The molecule has 0 spiro atoms. The third-order valence-electron chi connectivity index (χ3n) is 5.34. The maximum absolute atomic E-state index is 12.9. The monoisotopic (exact) mass is 358 g/mol. The molecule has 1 aromatic heterocycles. The molecule has 0 radical (unpaired) electrons. The minimum Gasteiger partial charge on any atom is -0.368 e. The van der Waals surface area contributed by atoms with Gasteiger partial charge in [-0.1, -0.05) is 17.7 Å². The molecule has 4 rings (SSSR count). The van der Waals surface area contributed by atoms with Gasteiger partial charge in [-0.3, -0.25) is 9.89 Å². The number of fused-ring (bicyclic) bond motifs is 1. The average Bonchev–Trinajstić information content (AvgIpc) is 3.07. The lowest BCUT2D eigenvalue weighted by Gasteiger charge is -2.36. The van der Waals surface area contributed by atoms with Crippen LogP contribution in [0.4, 0.5) is 5.69 Å². The van der Waals surface area contributed by atoms with Crippen LogP contribution in [0.5, 0.6) is 0 Å². The summed E-state index contributed by atoms with van der Waals surface area (Å²) in [6, 6.07) is 5.98. The second-order valence-corrected chi connectivity index (χ2v) is 7.38. The Morgan fingerprint density at radius 3 is 2.72 bits per heavy atom. The van der Waals surface area contributed by atoms with Gasteiger partial charge in [0.2, 0.25) is 0 Å². The molecule has 0 unspecified atom stereocenters. The van der Waals surface area contributed by atoms with Crippen molar-refractivity contribution in [2.24, 2.45) is 0 Å². The first-order valence-electron chi connectivity index (χ1n) is 9.00. The number of H-pyrrole nitrogens is 1. The van der Waals surface area contributed by atoms with Gasteiger partial charge < -0.3 is 9.80 Å². The number of carbonyl (C=O) groups excluding carboxylic acids is 1. The van der Waals surface area contributed by atoms with Gasteiger partial charge in [-0.15, -0.1) is 0 Å². The quantitative estimate of drug-likeness (QED) is 0.896. The zero-order valence-corrected chi connectivity index (χ0v) is 15.3. The highest BCUT2D eigenvalue weighted by Crippen LogP contribution is 2.27. The van der Waals surface area contributed by atoms with Crippen LogP contribution in [0.3, 0.4) is 0 Å². The van der Waals surface area contributed by atoms with Crippen LogP contribution in [0.25, 0.3) is 0 Å². The van der Waals surface area contributed by atoms with Crippen molar-refractivity contribution in [1.82, 2.24) is 15.1 Å². The Bertz CT molecular complexity index is 793. The Labute approximate surface area is 153 Å². The fraction of sp³-hybridized carbons (Fsp3) is 0.474. The molecule has 1 aromatic carbocycles. The predicted octanol–water partition coefficient (Wildman–Crippen LogP) is 3.21. The number of carbonyl (C=O) groups is 1. The summed E-state index contributed by atoms with van der Waals surface area (Å²) in [6.07, 6.45) is 4.31. The van der Waals surface area contributed by atoms with Crippen molar-refractivity contribution in [2.75, 3.05) is 31.1 Å². The molecule has 1 saturated heterocycles. The second-order valence-electron chi connectivity index (χ2n) is 6.95. The first-order valence-corrected chi connectivity index (χ1v) is 9.38. The molecule has 2 heterocycles. The van der Waals surface area contributed by atoms with E-state index >= 15 is 0 Å². The number of aryl methyl sites for hydroxylation is 2. The van der Waals surface area contributed by atoms with Crippen molar-refractivity contribution in [3.05, 3.63) is 45.7 Å². The zero-order valence-electron chi connectivity index (χ0n) is 14.5. The van der Waals surface area contributed by atoms with E-state index in [1.807, 2.05) is 23.1 Å². The summed E-state index contributed by atoms with van der Waals surface area (Å²) in [5.74, 6) is 0.0712. The smallest absolute Gasteiger partial charge is 0.274 e. The van der Waals surface area contributed by atoms with Crippen LogP contribution in [0.2, 0.25) is 5.02 Å². The molecule has 0 saturated carbocycles. The van der Waals surface area contributed by atoms with Crippen molar-refractivity contribution in [1.29, 1.82) is 0 Å². The minimum atomic E-state index is 0.0712. The number of anilines is 1. The molecule has 132 valence electrons. The third-order valence-corrected chi connectivity index (χ3v) is 5.57. The number of hydrogen-bond donors (Lipinski definition) is 1. The van der Waals surface area contributed by atoms with E-state index in [2.05, 4.69) is 22.0 Å². The van der Waals surface area contributed by atoms with Crippen molar-refractivity contribution >= 4 is 23.2 Å². The molecule has 0 bridgehead atoms. The van der Waals surface area contributed by atoms with E-state index in [4.69, 9.17) is 11.6 Å². The van der Waals surface area contributed by atoms with E-state index in [9.17, 15) is 4.79 Å². The second kappa shape index (κ2) is 6.71. The Morgan fingerprint density at radius 1 is 1.16 bits per heavy atom. The molecule has 1 aliphatic carbocycles. The molecule has 0 atom stereocenters. The largest absolute Gasteiger partial charge is 0.368 e. The number of nitrogens with one attached hydrogen (secondary N) is 1. The van der Waals surface area contributed by atoms with Gasteiger partial charge in [0.25, 0.3) is 5.91 Å². The number of rotatable bonds is 2. The molecule has 1 fully saturated rings. The summed E-state index contributed by atoms with van der Waals surface area (Å²) in [5.41, 5.74) is 5.32. The summed E-state index contributed by atoms with van der Waals surface area (Å²) in [5, 5.41) is 8.15. The van der Waals surface area contributed by atoms with Gasteiger partial charge >= 0.3 is 0 Å². The molecular formula is C19H23ClN4O. The highest BCUT2D eigenvalue weighted by molar-refractivity contribution is 6.30. The first kappa shape index (κ1) is 16.5. The number of amides is 1. The van der Waals surface area contributed by atoms with Gasteiger partial charge in [0.05, 0.1) is 0 Å².